The molecule has 0 aromatic heterocycles. The average molecular weight is 280 g/mol. The number of amides is 1. The second-order valence-corrected chi connectivity index (χ2v) is 6.04. The van der Waals surface area contributed by atoms with Crippen LogP contribution in [0.15, 0.2) is 24.3 Å². The fraction of sp³-hybridized carbons (Fsp3) is 0.533. The Hall–Kier alpha value is -1.00. The van der Waals surface area contributed by atoms with Crippen LogP contribution < -0.4 is 11.1 Å². The molecule has 0 heterocycles. The van der Waals surface area contributed by atoms with Gasteiger partial charge in [-0.15, -0.1) is 0 Å². The first kappa shape index (κ1) is 16.1. The largest absolute Gasteiger partial charge is 0.327 e. The Bertz CT molecular complexity index is 390. The number of rotatable bonds is 7. The Labute approximate surface area is 120 Å². The smallest absolute Gasteiger partial charge is 0.234 e. The molecule has 1 aromatic rings. The first-order chi connectivity index (χ1) is 9.02. The lowest BCUT2D eigenvalue weighted by Crippen LogP contribution is -2.23. The van der Waals surface area contributed by atoms with E-state index in [1.807, 2.05) is 12.1 Å². The molecule has 0 radical (unpaired) electrons. The molecule has 3 nitrogen and oxygen atoms in total. The summed E-state index contributed by atoms with van der Waals surface area (Å²) in [5, 5.41) is 2.90. The number of hydrogen-bond acceptors (Lipinski definition) is 3. The molecule has 106 valence electrons. The van der Waals surface area contributed by atoms with Gasteiger partial charge in [0.05, 0.1) is 5.75 Å². The fourth-order valence-corrected chi connectivity index (χ4v) is 2.48. The Morgan fingerprint density at radius 3 is 2.47 bits per heavy atom. The van der Waals surface area contributed by atoms with Crippen molar-refractivity contribution in [2.75, 3.05) is 16.8 Å². The Morgan fingerprint density at radius 2 is 1.95 bits per heavy atom. The van der Waals surface area contributed by atoms with E-state index in [9.17, 15) is 4.79 Å². The van der Waals surface area contributed by atoms with Crippen molar-refractivity contribution in [2.45, 2.75) is 39.2 Å². The van der Waals surface area contributed by atoms with Crippen molar-refractivity contribution in [1.82, 2.24) is 0 Å². The van der Waals surface area contributed by atoms with Gasteiger partial charge in [0.25, 0.3) is 0 Å². The van der Waals surface area contributed by atoms with Gasteiger partial charge in [0.15, 0.2) is 0 Å². The van der Waals surface area contributed by atoms with Crippen LogP contribution >= 0.6 is 11.8 Å². The molecule has 3 N–H and O–H groups in total. The van der Waals surface area contributed by atoms with Crippen molar-refractivity contribution < 1.29 is 4.79 Å². The van der Waals surface area contributed by atoms with Gasteiger partial charge in [0.2, 0.25) is 5.91 Å². The Balaban J connectivity index is 2.36. The van der Waals surface area contributed by atoms with Crippen LogP contribution in [0.2, 0.25) is 0 Å². The number of benzene rings is 1. The van der Waals surface area contributed by atoms with E-state index < -0.39 is 0 Å². The maximum Gasteiger partial charge on any atom is 0.234 e. The van der Waals surface area contributed by atoms with Crippen LogP contribution in [0.5, 0.6) is 0 Å². The number of anilines is 1. The molecule has 0 aliphatic carbocycles. The minimum atomic E-state index is 0.0330. The molecule has 0 saturated heterocycles. The predicted octanol–water partition coefficient (Wildman–Crippen LogP) is 3.22. The van der Waals surface area contributed by atoms with E-state index in [-0.39, 0.29) is 11.9 Å². The van der Waals surface area contributed by atoms with Crippen molar-refractivity contribution in [2.24, 2.45) is 5.73 Å². The van der Waals surface area contributed by atoms with E-state index in [1.165, 1.54) is 5.56 Å². The van der Waals surface area contributed by atoms with Gasteiger partial charge < -0.3 is 11.1 Å². The minimum Gasteiger partial charge on any atom is -0.327 e. The highest BCUT2D eigenvalue weighted by Gasteiger charge is 2.05. The van der Waals surface area contributed by atoms with Gasteiger partial charge >= 0.3 is 0 Å². The summed E-state index contributed by atoms with van der Waals surface area (Å²) in [7, 11) is 0. The lowest BCUT2D eigenvalue weighted by molar-refractivity contribution is -0.113. The lowest BCUT2D eigenvalue weighted by Gasteiger charge is -2.10. The Kier molecular flexibility index (Phi) is 6.95. The second-order valence-electron chi connectivity index (χ2n) is 5.01. The molecule has 1 atom stereocenters. The van der Waals surface area contributed by atoms with Crippen LogP contribution in [0, 0.1) is 0 Å². The maximum atomic E-state index is 11.7. The van der Waals surface area contributed by atoms with E-state index in [2.05, 4.69) is 38.2 Å². The monoisotopic (exact) mass is 280 g/mol. The zero-order valence-corrected chi connectivity index (χ0v) is 12.8. The van der Waals surface area contributed by atoms with Crippen molar-refractivity contribution >= 4 is 23.4 Å². The van der Waals surface area contributed by atoms with Crippen molar-refractivity contribution in [1.29, 1.82) is 0 Å². The molecule has 19 heavy (non-hydrogen) atoms. The average Bonchev–Trinajstić information content (AvgIpc) is 2.39. The van der Waals surface area contributed by atoms with Crippen LogP contribution in [0.4, 0.5) is 5.69 Å². The highest BCUT2D eigenvalue weighted by molar-refractivity contribution is 8.00. The van der Waals surface area contributed by atoms with Crippen LogP contribution in [0.3, 0.4) is 0 Å². The van der Waals surface area contributed by atoms with Crippen LogP contribution in [-0.4, -0.2) is 23.5 Å². The topological polar surface area (TPSA) is 55.1 Å². The predicted molar refractivity (Wildman–Crippen MR) is 84.8 cm³/mol. The molecule has 1 rings (SSSR count). The molecule has 0 spiro atoms. The molecule has 0 aliphatic rings. The lowest BCUT2D eigenvalue weighted by atomic mass is 10.0. The van der Waals surface area contributed by atoms with Crippen molar-refractivity contribution in [3.8, 4) is 0 Å². The normalized spacial score (nSPS) is 12.5. The standard InChI is InChI=1S/C15H24N2OS/c1-4-13(16)9-19-10-15(18)17-14-7-5-12(6-8-14)11(2)3/h5-8,11,13H,4,9-10,16H2,1-3H3,(H,17,18). The number of thioether (sulfide) groups is 1. The third-order valence-corrected chi connectivity index (χ3v) is 4.08. The molecule has 0 fully saturated rings. The third kappa shape index (κ3) is 6.12. The summed E-state index contributed by atoms with van der Waals surface area (Å²) in [6, 6.07) is 8.20. The van der Waals surface area contributed by atoms with Crippen molar-refractivity contribution in [3.05, 3.63) is 29.8 Å². The molecule has 0 aliphatic heterocycles. The summed E-state index contributed by atoms with van der Waals surface area (Å²) in [6.45, 7) is 6.37. The maximum absolute atomic E-state index is 11.7. The van der Waals surface area contributed by atoms with Crippen molar-refractivity contribution in [3.63, 3.8) is 0 Å². The SMILES string of the molecule is CCC(N)CSCC(=O)Nc1ccc(C(C)C)cc1. The van der Waals surface area contributed by atoms with E-state index in [4.69, 9.17) is 5.73 Å². The number of nitrogens with two attached hydrogens (primary N) is 1. The van der Waals surface area contributed by atoms with E-state index in [0.717, 1.165) is 17.9 Å². The van der Waals surface area contributed by atoms with Crippen LogP contribution in [-0.2, 0) is 4.79 Å². The highest BCUT2D eigenvalue weighted by atomic mass is 32.2. The summed E-state index contributed by atoms with van der Waals surface area (Å²) in [5.74, 6) is 1.83. The molecule has 0 bridgehead atoms. The van der Waals surface area contributed by atoms with E-state index in [1.54, 1.807) is 11.8 Å². The fourth-order valence-electron chi connectivity index (χ4n) is 1.57. The molecule has 1 amide bonds. The van der Waals surface area contributed by atoms with Gasteiger partial charge in [-0.05, 0) is 30.0 Å². The Morgan fingerprint density at radius 1 is 1.32 bits per heavy atom. The van der Waals surface area contributed by atoms with Gasteiger partial charge in [0, 0.05) is 17.5 Å². The molecule has 1 aromatic carbocycles. The van der Waals surface area contributed by atoms with Crippen LogP contribution in [0.1, 0.15) is 38.7 Å². The van der Waals surface area contributed by atoms with Crippen LogP contribution in [0.25, 0.3) is 0 Å². The minimum absolute atomic E-state index is 0.0330. The molecule has 0 saturated carbocycles. The molecular weight excluding hydrogens is 256 g/mol. The first-order valence-corrected chi connectivity index (χ1v) is 7.91. The number of carbonyl (C=O) groups is 1. The molecule has 4 heteroatoms. The third-order valence-electron chi connectivity index (χ3n) is 2.95. The van der Waals surface area contributed by atoms with Gasteiger partial charge in [-0.2, -0.15) is 11.8 Å². The zero-order valence-electron chi connectivity index (χ0n) is 12.0. The number of carbonyl (C=O) groups excluding carboxylic acids is 1. The van der Waals surface area contributed by atoms with E-state index in [0.29, 0.717) is 11.7 Å². The highest BCUT2D eigenvalue weighted by Crippen LogP contribution is 2.17. The second kappa shape index (κ2) is 8.23. The summed E-state index contributed by atoms with van der Waals surface area (Å²) in [4.78, 5) is 11.7. The zero-order chi connectivity index (χ0) is 14.3. The van der Waals surface area contributed by atoms with Gasteiger partial charge in [-0.3, -0.25) is 4.79 Å². The molecular formula is C15H24N2OS. The summed E-state index contributed by atoms with van der Waals surface area (Å²) in [5.41, 5.74) is 7.94. The number of nitrogens with one attached hydrogen (secondary N) is 1. The molecule has 1 unspecified atom stereocenters. The summed E-state index contributed by atoms with van der Waals surface area (Å²) in [6.07, 6.45) is 0.950. The summed E-state index contributed by atoms with van der Waals surface area (Å²) < 4.78 is 0. The van der Waals surface area contributed by atoms with Gasteiger partial charge in [0.1, 0.15) is 0 Å². The van der Waals surface area contributed by atoms with Gasteiger partial charge in [-0.1, -0.05) is 32.9 Å². The first-order valence-electron chi connectivity index (χ1n) is 6.76. The van der Waals surface area contributed by atoms with Gasteiger partial charge in [-0.25, -0.2) is 0 Å². The number of hydrogen-bond donors (Lipinski definition) is 2. The summed E-state index contributed by atoms with van der Waals surface area (Å²) >= 11 is 1.58. The quantitative estimate of drug-likeness (QED) is 0.806. The van der Waals surface area contributed by atoms with E-state index >= 15 is 0 Å².